The van der Waals surface area contributed by atoms with E-state index in [2.05, 4.69) is 17.3 Å². The fourth-order valence-electron chi connectivity index (χ4n) is 4.52. The molecule has 0 bridgehead atoms. The second kappa shape index (κ2) is 14.5. The molecule has 2 aromatic rings. The standard InChI is InChI=1S/C25H39N5O8/c1-2-3-4-5-8-14-28(16-20-21(32)22(33)23(34)24(35)38-20)15-17(31)10-9-13-26-25-27-30(37)19-12-7-6-11-18(19)29(25)36/h6-7,11-12,20-24,32-35H,2-5,8-10,13-16H2,1H3,(H,26,27)/t20-,21-,22+,23-,24+/m1/s1. The molecule has 13 heteroatoms. The van der Waals surface area contributed by atoms with E-state index in [9.17, 15) is 35.6 Å². The quantitative estimate of drug-likeness (QED) is 0.110. The smallest absolute Gasteiger partial charge is 0.460 e. The first kappa shape index (κ1) is 29.9. The van der Waals surface area contributed by atoms with Crippen LogP contribution >= 0.6 is 0 Å². The van der Waals surface area contributed by atoms with Crippen molar-refractivity contribution in [2.45, 2.75) is 82.6 Å². The molecule has 13 nitrogen and oxygen atoms in total. The van der Waals surface area contributed by atoms with Crippen LogP contribution in [0.2, 0.25) is 0 Å². The molecule has 1 aromatic carbocycles. The summed E-state index contributed by atoms with van der Waals surface area (Å²) in [6.45, 7) is 3.11. The number of hydrogen-bond acceptors (Lipinski definition) is 11. The molecular weight excluding hydrogens is 498 g/mol. The predicted octanol–water partition coefficient (Wildman–Crippen LogP) is -0.665. The number of ketones is 1. The second-order valence-electron chi connectivity index (χ2n) is 9.73. The fraction of sp³-hybridized carbons (Fsp3) is 0.680. The van der Waals surface area contributed by atoms with Crippen LogP contribution in [0.5, 0.6) is 0 Å². The number of fused-ring (bicyclic) bond motifs is 1. The molecule has 1 aliphatic rings. The number of carbonyl (C=O) groups excluding carboxylic acids is 1. The van der Waals surface area contributed by atoms with Crippen LogP contribution < -0.4 is 14.9 Å². The molecule has 0 amide bonds. The Bertz CT molecular complexity index is 1040. The Balaban J connectivity index is 1.52. The van der Waals surface area contributed by atoms with Crippen molar-refractivity contribution >= 4 is 22.8 Å². The van der Waals surface area contributed by atoms with E-state index >= 15 is 0 Å². The molecule has 38 heavy (non-hydrogen) atoms. The average Bonchev–Trinajstić information content (AvgIpc) is 2.90. The monoisotopic (exact) mass is 537 g/mol. The molecule has 0 radical (unpaired) electrons. The Morgan fingerprint density at radius 1 is 1.03 bits per heavy atom. The maximum Gasteiger partial charge on any atom is 0.460 e. The third-order valence-corrected chi connectivity index (χ3v) is 6.70. The van der Waals surface area contributed by atoms with Gasteiger partial charge in [0.25, 0.3) is 5.52 Å². The van der Waals surface area contributed by atoms with Crippen LogP contribution in [-0.4, -0.2) is 93.1 Å². The highest BCUT2D eigenvalue weighted by Gasteiger charge is 2.43. The Morgan fingerprint density at radius 2 is 1.74 bits per heavy atom. The largest absolute Gasteiger partial charge is 0.739 e. The molecular formula is C25H39N5O8. The molecule has 0 aliphatic carbocycles. The van der Waals surface area contributed by atoms with E-state index in [0.717, 1.165) is 32.1 Å². The van der Waals surface area contributed by atoms with Crippen LogP contribution in [0, 0.1) is 10.4 Å². The van der Waals surface area contributed by atoms with E-state index in [4.69, 9.17) is 4.74 Å². The zero-order valence-corrected chi connectivity index (χ0v) is 21.7. The average molecular weight is 538 g/mol. The highest BCUT2D eigenvalue weighted by atomic mass is 16.6. The van der Waals surface area contributed by atoms with Gasteiger partial charge in [-0.25, -0.2) is 4.73 Å². The molecule has 3 rings (SSSR count). The summed E-state index contributed by atoms with van der Waals surface area (Å²) in [6, 6.07) is 6.31. The van der Waals surface area contributed by atoms with Gasteiger partial charge in [-0.15, -0.1) is 0 Å². The van der Waals surface area contributed by atoms with Gasteiger partial charge in [-0.2, -0.15) is 0 Å². The number of Topliss-reactive ketones (excluding diaryl/α,β-unsaturated/α-hetero) is 1. The minimum absolute atomic E-state index is 0.0748. The number of carbonyl (C=O) groups is 1. The Morgan fingerprint density at radius 3 is 2.47 bits per heavy atom. The van der Waals surface area contributed by atoms with E-state index in [0.29, 0.717) is 22.5 Å². The summed E-state index contributed by atoms with van der Waals surface area (Å²) >= 11 is 0. The predicted molar refractivity (Wildman–Crippen MR) is 136 cm³/mol. The first-order valence-electron chi connectivity index (χ1n) is 13.2. The van der Waals surface area contributed by atoms with Crippen LogP contribution in [0.15, 0.2) is 24.3 Å². The van der Waals surface area contributed by atoms with Crippen molar-refractivity contribution in [1.82, 2.24) is 10.00 Å². The van der Waals surface area contributed by atoms with Crippen LogP contribution in [0.1, 0.15) is 51.9 Å². The molecule has 1 fully saturated rings. The Kier molecular flexibility index (Phi) is 11.4. The number of aliphatic hydroxyl groups is 4. The first-order chi connectivity index (χ1) is 18.2. The van der Waals surface area contributed by atoms with Gasteiger partial charge in [-0.05, 0) is 25.5 Å². The summed E-state index contributed by atoms with van der Waals surface area (Å²) in [5, 5.41) is 71.0. The van der Waals surface area contributed by atoms with E-state index < -0.39 is 30.7 Å². The lowest BCUT2D eigenvalue weighted by atomic mass is 9.98. The van der Waals surface area contributed by atoms with Gasteiger partial charge in [0.1, 0.15) is 30.2 Å². The van der Waals surface area contributed by atoms with E-state index in [1.54, 1.807) is 12.1 Å². The summed E-state index contributed by atoms with van der Waals surface area (Å²) in [5.41, 5.74) is 0.333. The summed E-state index contributed by atoms with van der Waals surface area (Å²) in [7, 11) is 0. The third kappa shape index (κ3) is 7.91. The molecule has 2 heterocycles. The molecule has 0 saturated carbocycles. The topological polar surface area (TPSA) is 189 Å². The number of benzene rings is 1. The number of aromatic nitrogens is 3. The van der Waals surface area contributed by atoms with Gasteiger partial charge in [0.2, 0.25) is 5.10 Å². The molecule has 0 unspecified atom stereocenters. The number of unbranched alkanes of at least 4 members (excludes halogenated alkanes) is 4. The van der Waals surface area contributed by atoms with E-state index in [1.807, 2.05) is 4.90 Å². The SMILES string of the molecule is CCCCCCCN(CC(=O)CCCNc1n[n+]([O-])c2ccccc2[n+]1[O-])C[C@H]1O[C@H](O)[C@H](O)[C@@H](O)[C@@H]1O. The molecule has 1 saturated heterocycles. The molecule has 5 atom stereocenters. The van der Waals surface area contributed by atoms with Gasteiger partial charge < -0.3 is 35.6 Å². The number of aliphatic hydroxyl groups excluding tert-OH is 4. The number of rotatable bonds is 15. The van der Waals surface area contributed by atoms with Crippen molar-refractivity contribution in [3.05, 3.63) is 34.7 Å². The molecule has 5 N–H and O–H groups in total. The van der Waals surface area contributed by atoms with Crippen molar-refractivity contribution in [1.29, 1.82) is 0 Å². The third-order valence-electron chi connectivity index (χ3n) is 6.70. The normalized spacial score (nSPS) is 23.7. The van der Waals surface area contributed by atoms with Gasteiger partial charge >= 0.3 is 5.95 Å². The zero-order chi connectivity index (χ0) is 27.7. The first-order valence-corrected chi connectivity index (χ1v) is 13.2. The zero-order valence-electron chi connectivity index (χ0n) is 21.7. The maximum atomic E-state index is 12.8. The number of anilines is 1. The van der Waals surface area contributed by atoms with Crippen LogP contribution in [0.4, 0.5) is 5.95 Å². The van der Waals surface area contributed by atoms with Crippen molar-refractivity contribution in [2.75, 3.05) is 31.5 Å². The molecule has 1 aromatic heterocycles. The number of ether oxygens (including phenoxy) is 1. The van der Waals surface area contributed by atoms with Gasteiger partial charge in [-0.3, -0.25) is 15.0 Å². The number of hydrogen-bond donors (Lipinski definition) is 5. The minimum Gasteiger partial charge on any atom is -0.739 e. The van der Waals surface area contributed by atoms with Gasteiger partial charge in [0.05, 0.1) is 13.1 Å². The van der Waals surface area contributed by atoms with Crippen molar-refractivity contribution in [3.8, 4) is 0 Å². The Labute approximate surface area is 221 Å². The number of para-hydroxylation sites is 2. The van der Waals surface area contributed by atoms with Crippen LogP contribution in [0.25, 0.3) is 11.0 Å². The van der Waals surface area contributed by atoms with Crippen LogP contribution in [-0.2, 0) is 9.53 Å². The Hall–Kier alpha value is -2.68. The summed E-state index contributed by atoms with van der Waals surface area (Å²) in [4.78, 5) is 15.0. The van der Waals surface area contributed by atoms with Gasteiger partial charge in [-0.1, -0.05) is 44.7 Å². The van der Waals surface area contributed by atoms with Crippen molar-refractivity contribution in [3.63, 3.8) is 0 Å². The fourth-order valence-corrected chi connectivity index (χ4v) is 4.52. The van der Waals surface area contributed by atoms with Crippen molar-refractivity contribution in [2.24, 2.45) is 0 Å². The highest BCUT2D eigenvalue weighted by Crippen LogP contribution is 2.21. The second-order valence-corrected chi connectivity index (χ2v) is 9.73. The summed E-state index contributed by atoms with van der Waals surface area (Å²) < 4.78 is 5.85. The lowest BCUT2D eigenvalue weighted by Gasteiger charge is -2.40. The lowest BCUT2D eigenvalue weighted by molar-refractivity contribution is -0.672. The van der Waals surface area contributed by atoms with Gasteiger partial charge in [0.15, 0.2) is 11.8 Å². The van der Waals surface area contributed by atoms with E-state index in [1.165, 1.54) is 12.1 Å². The van der Waals surface area contributed by atoms with Crippen LogP contribution in [0.3, 0.4) is 0 Å². The van der Waals surface area contributed by atoms with Crippen molar-refractivity contribution < 1.29 is 39.5 Å². The molecule has 1 aliphatic heterocycles. The maximum absolute atomic E-state index is 12.8. The highest BCUT2D eigenvalue weighted by molar-refractivity contribution is 5.80. The van der Waals surface area contributed by atoms with Gasteiger partial charge in [0, 0.05) is 23.9 Å². The summed E-state index contributed by atoms with van der Waals surface area (Å²) in [5.74, 6) is -0.227. The summed E-state index contributed by atoms with van der Waals surface area (Å²) in [6.07, 6.45) is -1.49. The van der Waals surface area contributed by atoms with E-state index in [-0.39, 0.29) is 48.8 Å². The molecule has 212 valence electrons. The number of nitrogens with zero attached hydrogens (tertiary/aromatic N) is 4. The minimum atomic E-state index is -1.63. The number of nitrogens with one attached hydrogen (secondary N) is 1. The lowest BCUT2D eigenvalue weighted by Crippen LogP contribution is -2.60. The molecule has 0 spiro atoms.